The largest absolute Gasteiger partial charge is 0.457 e. The molecule has 1 aliphatic carbocycles. The highest BCUT2D eigenvalue weighted by atomic mass is 19.1. The number of esters is 1. The molecule has 0 bridgehead atoms. The van der Waals surface area contributed by atoms with Crippen LogP contribution in [0.5, 0.6) is 0 Å². The first-order valence-electron chi connectivity index (χ1n) is 7.97. The van der Waals surface area contributed by atoms with Gasteiger partial charge in [-0.3, -0.25) is 4.79 Å². The Balaban J connectivity index is 1.38. The number of nitrogens with zero attached hydrogens (tertiary/aromatic N) is 4. The molecular weight excluding hydrogens is 323 g/mol. The third-order valence-electron chi connectivity index (χ3n) is 4.27. The van der Waals surface area contributed by atoms with E-state index < -0.39 is 0 Å². The molecule has 0 amide bonds. The lowest BCUT2D eigenvalue weighted by Crippen LogP contribution is -2.11. The minimum Gasteiger partial charge on any atom is -0.457 e. The highest BCUT2D eigenvalue weighted by Crippen LogP contribution is 2.48. The van der Waals surface area contributed by atoms with Crippen LogP contribution in [0.4, 0.5) is 4.39 Å². The van der Waals surface area contributed by atoms with E-state index in [0.29, 0.717) is 12.2 Å². The van der Waals surface area contributed by atoms with Gasteiger partial charge in [0.15, 0.2) is 12.4 Å². The number of carbonyl (C=O) groups excluding carboxylic acids is 1. The molecule has 25 heavy (non-hydrogen) atoms. The van der Waals surface area contributed by atoms with Crippen molar-refractivity contribution in [2.24, 2.45) is 5.92 Å². The van der Waals surface area contributed by atoms with Gasteiger partial charge in [-0.15, -0.1) is 5.10 Å². The maximum atomic E-state index is 13.0. The number of benzene rings is 2. The van der Waals surface area contributed by atoms with Gasteiger partial charge in [0.2, 0.25) is 0 Å². The van der Waals surface area contributed by atoms with Crippen LogP contribution in [0.15, 0.2) is 54.6 Å². The molecule has 1 fully saturated rings. The minimum absolute atomic E-state index is 0.00731. The van der Waals surface area contributed by atoms with E-state index in [1.165, 1.54) is 16.8 Å². The molecular formula is C18H15FN4O2. The van der Waals surface area contributed by atoms with Crippen molar-refractivity contribution in [2.75, 3.05) is 0 Å². The first kappa shape index (κ1) is 15.4. The highest BCUT2D eigenvalue weighted by Gasteiger charge is 2.45. The van der Waals surface area contributed by atoms with Crippen molar-refractivity contribution in [2.45, 2.75) is 18.9 Å². The van der Waals surface area contributed by atoms with Gasteiger partial charge >= 0.3 is 5.97 Å². The maximum absolute atomic E-state index is 13.0. The van der Waals surface area contributed by atoms with Gasteiger partial charge in [-0.25, -0.2) is 4.39 Å². The number of para-hydroxylation sites is 1. The van der Waals surface area contributed by atoms with Crippen LogP contribution in [0.3, 0.4) is 0 Å². The predicted molar refractivity (Wildman–Crippen MR) is 86.2 cm³/mol. The number of ether oxygens (including phenoxy) is 1. The molecule has 1 heterocycles. The maximum Gasteiger partial charge on any atom is 0.310 e. The number of rotatable bonds is 5. The number of tetrazole rings is 1. The van der Waals surface area contributed by atoms with Crippen LogP contribution in [0, 0.1) is 11.7 Å². The summed E-state index contributed by atoms with van der Waals surface area (Å²) in [5.74, 6) is -0.198. The minimum atomic E-state index is -0.281. The topological polar surface area (TPSA) is 69.9 Å². The zero-order valence-electron chi connectivity index (χ0n) is 13.2. The average molecular weight is 338 g/mol. The van der Waals surface area contributed by atoms with Gasteiger partial charge in [-0.1, -0.05) is 30.3 Å². The first-order chi connectivity index (χ1) is 12.2. The Morgan fingerprint density at radius 2 is 1.92 bits per heavy atom. The van der Waals surface area contributed by atoms with Crippen LogP contribution in [-0.4, -0.2) is 26.2 Å². The molecule has 0 spiro atoms. The molecule has 1 saturated carbocycles. The van der Waals surface area contributed by atoms with Gasteiger partial charge in [0, 0.05) is 0 Å². The lowest BCUT2D eigenvalue weighted by atomic mass is 10.1. The molecule has 0 saturated heterocycles. The van der Waals surface area contributed by atoms with E-state index in [9.17, 15) is 9.18 Å². The Kier molecular flexibility index (Phi) is 3.97. The van der Waals surface area contributed by atoms with Crippen molar-refractivity contribution >= 4 is 5.97 Å². The summed E-state index contributed by atoms with van der Waals surface area (Å²) < 4.78 is 19.9. The Morgan fingerprint density at radius 1 is 1.16 bits per heavy atom. The van der Waals surface area contributed by atoms with E-state index in [2.05, 4.69) is 15.5 Å². The second-order valence-electron chi connectivity index (χ2n) is 5.95. The van der Waals surface area contributed by atoms with Gasteiger partial charge in [0.25, 0.3) is 0 Å². The summed E-state index contributed by atoms with van der Waals surface area (Å²) >= 11 is 0. The average Bonchev–Trinajstić information content (AvgIpc) is 3.31. The van der Waals surface area contributed by atoms with Crippen LogP contribution < -0.4 is 0 Å². The molecule has 0 unspecified atom stereocenters. The van der Waals surface area contributed by atoms with Crippen molar-refractivity contribution in [1.29, 1.82) is 0 Å². The van der Waals surface area contributed by atoms with Crippen molar-refractivity contribution < 1.29 is 13.9 Å². The van der Waals surface area contributed by atoms with E-state index in [0.717, 1.165) is 11.3 Å². The Bertz CT molecular complexity index is 880. The quantitative estimate of drug-likeness (QED) is 0.669. The van der Waals surface area contributed by atoms with Crippen LogP contribution in [0.1, 0.15) is 23.7 Å². The summed E-state index contributed by atoms with van der Waals surface area (Å²) in [6.45, 7) is 0.00731. The van der Waals surface area contributed by atoms with Gasteiger partial charge in [0.05, 0.1) is 11.6 Å². The first-order valence-corrected chi connectivity index (χ1v) is 7.97. The summed E-state index contributed by atoms with van der Waals surface area (Å²) in [6.07, 6.45) is 0.716. The predicted octanol–water partition coefficient (Wildman–Crippen LogP) is 2.65. The third kappa shape index (κ3) is 3.26. The second-order valence-corrected chi connectivity index (χ2v) is 5.95. The molecule has 0 radical (unpaired) electrons. The number of hydrogen-bond acceptors (Lipinski definition) is 5. The molecule has 2 aromatic carbocycles. The zero-order chi connectivity index (χ0) is 17.2. The van der Waals surface area contributed by atoms with Crippen molar-refractivity contribution in [3.63, 3.8) is 0 Å². The summed E-state index contributed by atoms with van der Waals surface area (Å²) in [7, 11) is 0. The zero-order valence-corrected chi connectivity index (χ0v) is 13.2. The van der Waals surface area contributed by atoms with Crippen LogP contribution in [-0.2, 0) is 16.1 Å². The van der Waals surface area contributed by atoms with E-state index in [-0.39, 0.29) is 30.2 Å². The van der Waals surface area contributed by atoms with Gasteiger partial charge in [-0.05, 0) is 52.6 Å². The van der Waals surface area contributed by atoms with E-state index in [1.54, 1.807) is 12.1 Å². The Hall–Kier alpha value is -3.09. The molecule has 1 aromatic heterocycles. The molecule has 126 valence electrons. The van der Waals surface area contributed by atoms with Gasteiger partial charge in [0.1, 0.15) is 5.82 Å². The summed E-state index contributed by atoms with van der Waals surface area (Å²) in [5, 5.41) is 11.5. The van der Waals surface area contributed by atoms with Crippen LogP contribution >= 0.6 is 0 Å². The molecule has 0 N–H and O–H groups in total. The Labute approximate surface area is 143 Å². The van der Waals surface area contributed by atoms with Gasteiger partial charge in [-0.2, -0.15) is 4.68 Å². The molecule has 2 atom stereocenters. The van der Waals surface area contributed by atoms with E-state index in [1.807, 2.05) is 30.3 Å². The van der Waals surface area contributed by atoms with Crippen molar-refractivity contribution in [3.05, 3.63) is 71.8 Å². The summed E-state index contributed by atoms with van der Waals surface area (Å²) in [6, 6.07) is 15.6. The lowest BCUT2D eigenvalue weighted by molar-refractivity contribution is -0.146. The summed E-state index contributed by atoms with van der Waals surface area (Å²) in [5.41, 5.74) is 1.76. The fourth-order valence-electron chi connectivity index (χ4n) is 2.84. The number of aromatic nitrogens is 4. The molecule has 0 aliphatic heterocycles. The molecule has 4 rings (SSSR count). The number of hydrogen-bond donors (Lipinski definition) is 0. The summed E-state index contributed by atoms with van der Waals surface area (Å²) in [4.78, 5) is 12.2. The highest BCUT2D eigenvalue weighted by molar-refractivity contribution is 5.77. The smallest absolute Gasteiger partial charge is 0.310 e. The molecule has 6 nitrogen and oxygen atoms in total. The monoisotopic (exact) mass is 338 g/mol. The second kappa shape index (κ2) is 6.43. The molecule has 1 aliphatic rings. The lowest BCUT2D eigenvalue weighted by Gasteiger charge is -2.06. The fraction of sp³-hybridized carbons (Fsp3) is 0.222. The van der Waals surface area contributed by atoms with E-state index >= 15 is 0 Å². The van der Waals surface area contributed by atoms with Crippen LogP contribution in [0.2, 0.25) is 0 Å². The van der Waals surface area contributed by atoms with Crippen molar-refractivity contribution in [1.82, 2.24) is 20.2 Å². The van der Waals surface area contributed by atoms with Crippen molar-refractivity contribution in [3.8, 4) is 5.69 Å². The Morgan fingerprint density at radius 3 is 2.68 bits per heavy atom. The number of halogens is 1. The standard InChI is InChI=1S/C18H15FN4O2/c19-13-8-6-12(7-9-13)15-10-16(15)18(24)25-11-17-20-21-22-23(17)14-4-2-1-3-5-14/h1-9,15-16H,10-11H2/t15-,16+/m1/s1. The SMILES string of the molecule is O=C(OCc1nnnn1-c1ccccc1)[C@H]1C[C@@H]1c1ccc(F)cc1. The molecule has 7 heteroatoms. The van der Waals surface area contributed by atoms with E-state index in [4.69, 9.17) is 4.74 Å². The molecule has 3 aromatic rings. The normalized spacial score (nSPS) is 18.8. The van der Waals surface area contributed by atoms with Gasteiger partial charge < -0.3 is 4.74 Å². The fourth-order valence-corrected chi connectivity index (χ4v) is 2.84. The number of carbonyl (C=O) groups is 1. The third-order valence-corrected chi connectivity index (χ3v) is 4.27. The van der Waals surface area contributed by atoms with Crippen LogP contribution in [0.25, 0.3) is 5.69 Å².